The Hall–Kier alpha value is -2.96. The van der Waals surface area contributed by atoms with Gasteiger partial charge >= 0.3 is 5.66 Å². The van der Waals surface area contributed by atoms with Crippen molar-refractivity contribution in [2.75, 3.05) is 5.33 Å². The van der Waals surface area contributed by atoms with Crippen LogP contribution in [0.5, 0.6) is 0 Å². The van der Waals surface area contributed by atoms with Crippen LogP contribution >= 0.6 is 15.9 Å². The molecule has 0 aromatic carbocycles. The highest BCUT2D eigenvalue weighted by Gasteiger charge is 2.47. The topological polar surface area (TPSA) is 36.9 Å². The van der Waals surface area contributed by atoms with Crippen LogP contribution in [0.1, 0.15) is 86.5 Å². The molecule has 4 nitrogen and oxygen atoms in total. The average molecular weight is 498 g/mol. The normalized spacial score (nSPS) is 13.3. The fourth-order valence-electron chi connectivity index (χ4n) is 3.10. The third-order valence-electron chi connectivity index (χ3n) is 4.61. The number of alkyl halides is 1. The van der Waals surface area contributed by atoms with Crippen molar-refractivity contribution in [3.05, 3.63) is 57.2 Å². The lowest BCUT2D eigenvalue weighted by molar-refractivity contribution is 0.597. The number of halogens is 1. The summed E-state index contributed by atoms with van der Waals surface area (Å²) in [6.45, 7) is 21.0. The van der Waals surface area contributed by atoms with E-state index in [-0.39, 0.29) is 28.7 Å². The zero-order valence-corrected chi connectivity index (χ0v) is 18.3. The van der Waals surface area contributed by atoms with E-state index in [0.29, 0.717) is 11.0 Å². The van der Waals surface area contributed by atoms with Crippen molar-refractivity contribution in [1.29, 1.82) is 5.26 Å². The van der Waals surface area contributed by atoms with Crippen LogP contribution in [0.4, 0.5) is 0 Å². The molecule has 0 amide bonds. The van der Waals surface area contributed by atoms with Crippen molar-refractivity contribution >= 4 is 15.9 Å². The fourth-order valence-corrected chi connectivity index (χ4v) is 3.10. The Bertz CT molecular complexity index is 801. The van der Waals surface area contributed by atoms with Crippen molar-refractivity contribution < 1.29 is 0 Å². The SMILES string of the molecule is C.C.C.C#CCBr.[C-]#[N+]C(C#N)=C1CCCCC1.[C-]#[N+]C(CC#C)([N+]#[C-])C1=CCCCC1. The first-order valence-corrected chi connectivity index (χ1v) is 10.6. The first-order chi connectivity index (χ1) is 14.1. The van der Waals surface area contributed by atoms with E-state index >= 15 is 0 Å². The van der Waals surface area contributed by atoms with Gasteiger partial charge in [0.1, 0.15) is 0 Å². The predicted molar refractivity (Wildman–Crippen MR) is 141 cm³/mol. The molecule has 0 bridgehead atoms. The van der Waals surface area contributed by atoms with Crippen LogP contribution in [0.15, 0.2) is 22.9 Å². The Morgan fingerprint density at radius 2 is 1.50 bits per heavy atom. The molecule has 2 aliphatic rings. The summed E-state index contributed by atoms with van der Waals surface area (Å²) in [6, 6.07) is 1.95. The summed E-state index contributed by atoms with van der Waals surface area (Å²) in [6.07, 6.45) is 21.7. The molecule has 2 rings (SSSR count). The molecule has 0 radical (unpaired) electrons. The molecule has 0 N–H and O–H groups in total. The molecule has 0 aromatic heterocycles. The summed E-state index contributed by atoms with van der Waals surface area (Å²) >= 11 is 3.01. The van der Waals surface area contributed by atoms with E-state index in [0.717, 1.165) is 62.5 Å². The van der Waals surface area contributed by atoms with Gasteiger partial charge in [0, 0.05) is 0 Å². The van der Waals surface area contributed by atoms with E-state index in [9.17, 15) is 0 Å². The maximum Gasteiger partial charge on any atom is 0.516 e. The Labute approximate surface area is 206 Å². The first-order valence-electron chi connectivity index (χ1n) is 9.48. The highest BCUT2D eigenvalue weighted by atomic mass is 79.9. The van der Waals surface area contributed by atoms with Crippen molar-refractivity contribution in [3.63, 3.8) is 0 Å². The lowest BCUT2D eigenvalue weighted by Gasteiger charge is -2.14. The smallest absolute Gasteiger partial charge is 0.227 e. The zero-order valence-electron chi connectivity index (χ0n) is 16.7. The number of rotatable bonds is 2. The van der Waals surface area contributed by atoms with E-state index in [4.69, 9.17) is 37.8 Å². The van der Waals surface area contributed by atoms with Crippen LogP contribution in [0.2, 0.25) is 0 Å². The van der Waals surface area contributed by atoms with Crippen LogP contribution in [0.25, 0.3) is 14.5 Å². The second-order valence-corrected chi connectivity index (χ2v) is 7.03. The van der Waals surface area contributed by atoms with Gasteiger partial charge < -0.3 is 0 Å². The fraction of sp³-hybridized carbons (Fsp3) is 0.556. The van der Waals surface area contributed by atoms with Gasteiger partial charge in [-0.05, 0) is 38.5 Å². The van der Waals surface area contributed by atoms with E-state index in [2.05, 4.69) is 42.3 Å². The molecule has 0 atom stereocenters. The van der Waals surface area contributed by atoms with Gasteiger partial charge in [0.25, 0.3) is 5.70 Å². The minimum Gasteiger partial charge on any atom is -0.227 e. The van der Waals surface area contributed by atoms with E-state index < -0.39 is 5.66 Å². The maximum atomic E-state index is 8.56. The minimum absolute atomic E-state index is 0. The molecule has 0 heterocycles. The Balaban J connectivity index is -0.000000197. The quantitative estimate of drug-likeness (QED) is 0.124. The van der Waals surface area contributed by atoms with Gasteiger partial charge in [-0.1, -0.05) is 81.0 Å². The third kappa shape index (κ3) is 12.7. The molecule has 1 saturated carbocycles. The number of terminal acetylenes is 2. The molecule has 0 aromatic rings. The molecule has 1 fully saturated rings. The molecule has 172 valence electrons. The Kier molecular flexibility index (Phi) is 25.9. The Morgan fingerprint density at radius 1 is 0.969 bits per heavy atom. The molecule has 0 unspecified atom stereocenters. The summed E-state index contributed by atoms with van der Waals surface area (Å²) in [5, 5.41) is 9.22. The summed E-state index contributed by atoms with van der Waals surface area (Å²) in [7, 11) is 0. The standard InChI is InChI=1S/C12H12N2.C9H10N2.C3H3Br.3CH4/c1-4-10-12(13-2,14-3)11-8-6-5-7-9-11;1-11-9(7-10)8-5-3-2-4-6-8;1-2-3-4;;;/h1,8H,5-7,9-10H2;2-6H2;1H,3H2;3*1H4. The second-order valence-electron chi connectivity index (χ2n) is 6.47. The number of allylic oxidation sites excluding steroid dienone is 3. The lowest BCUT2D eigenvalue weighted by atomic mass is 9.88. The summed E-state index contributed by atoms with van der Waals surface area (Å²) < 4.78 is 0. The van der Waals surface area contributed by atoms with Crippen LogP contribution in [0.3, 0.4) is 0 Å². The monoisotopic (exact) mass is 496 g/mol. The van der Waals surface area contributed by atoms with Crippen molar-refractivity contribution in [1.82, 2.24) is 0 Å². The second kappa shape index (κ2) is 22.7. The predicted octanol–water partition coefficient (Wildman–Crippen LogP) is 8.62. The largest absolute Gasteiger partial charge is 0.516 e. The molecule has 2 aliphatic carbocycles. The molecular formula is C27H37BrN4. The number of nitrogens with zero attached hydrogens (tertiary/aromatic N) is 4. The van der Waals surface area contributed by atoms with Crippen LogP contribution in [0, 0.1) is 55.7 Å². The maximum absolute atomic E-state index is 8.56. The van der Waals surface area contributed by atoms with E-state index in [1.807, 2.05) is 12.1 Å². The van der Waals surface area contributed by atoms with Crippen molar-refractivity contribution in [2.45, 2.75) is 92.2 Å². The van der Waals surface area contributed by atoms with Gasteiger partial charge in [-0.25, -0.2) is 32.9 Å². The lowest BCUT2D eigenvalue weighted by Crippen LogP contribution is -2.23. The molecule has 0 spiro atoms. The van der Waals surface area contributed by atoms with E-state index in [1.54, 1.807) is 0 Å². The van der Waals surface area contributed by atoms with Crippen LogP contribution < -0.4 is 0 Å². The van der Waals surface area contributed by atoms with Gasteiger partial charge in [0.2, 0.25) is 0 Å². The van der Waals surface area contributed by atoms with Gasteiger partial charge in [0.05, 0.1) is 23.5 Å². The average Bonchev–Trinajstić information content (AvgIpc) is 2.80. The Morgan fingerprint density at radius 3 is 1.84 bits per heavy atom. The number of nitriles is 1. The van der Waals surface area contributed by atoms with Crippen LogP contribution in [-0.2, 0) is 0 Å². The number of hydrogen-bond acceptors (Lipinski definition) is 1. The first kappa shape index (κ1) is 36.4. The zero-order chi connectivity index (χ0) is 22.0. The minimum atomic E-state index is -1.09. The highest BCUT2D eigenvalue weighted by Crippen LogP contribution is 2.34. The van der Waals surface area contributed by atoms with Gasteiger partial charge in [-0.2, -0.15) is 0 Å². The molecule has 0 aliphatic heterocycles. The van der Waals surface area contributed by atoms with Crippen LogP contribution in [-0.4, -0.2) is 11.0 Å². The highest BCUT2D eigenvalue weighted by molar-refractivity contribution is 9.09. The molecular weight excluding hydrogens is 460 g/mol. The molecule has 0 saturated heterocycles. The third-order valence-corrected chi connectivity index (χ3v) is 4.93. The van der Waals surface area contributed by atoms with Crippen molar-refractivity contribution in [3.8, 4) is 30.8 Å². The summed E-state index contributed by atoms with van der Waals surface area (Å²) in [4.78, 5) is 10.1. The van der Waals surface area contributed by atoms with Gasteiger partial charge in [-0.3, -0.25) is 0 Å². The van der Waals surface area contributed by atoms with E-state index in [1.165, 1.54) is 6.42 Å². The molecule has 5 heteroatoms. The van der Waals surface area contributed by atoms with Gasteiger partial charge in [-0.15, -0.1) is 12.8 Å². The van der Waals surface area contributed by atoms with Crippen molar-refractivity contribution in [2.24, 2.45) is 0 Å². The summed E-state index contributed by atoms with van der Waals surface area (Å²) in [5.74, 6) is 4.79. The molecule has 32 heavy (non-hydrogen) atoms. The number of hydrogen-bond donors (Lipinski definition) is 0. The summed E-state index contributed by atoms with van der Waals surface area (Å²) in [5.41, 5.74) is 1.26. The van der Waals surface area contributed by atoms with Gasteiger partial charge in [0.15, 0.2) is 6.42 Å².